The van der Waals surface area contributed by atoms with Gasteiger partial charge in [-0.25, -0.2) is 4.79 Å². The molecule has 0 spiro atoms. The van der Waals surface area contributed by atoms with Gasteiger partial charge in [-0.1, -0.05) is 34.1 Å². The van der Waals surface area contributed by atoms with E-state index >= 15 is 0 Å². The molecular weight excluding hydrogens is 464 g/mol. The Kier molecular flexibility index (Phi) is 12.4. The van der Waals surface area contributed by atoms with Gasteiger partial charge in [0.15, 0.2) is 0 Å². The summed E-state index contributed by atoms with van der Waals surface area (Å²) in [6.45, 7) is 7.78. The Balaban J connectivity index is 2.97. The summed E-state index contributed by atoms with van der Waals surface area (Å²) < 4.78 is 0. The van der Waals surface area contributed by atoms with Crippen LogP contribution in [0.15, 0.2) is 0 Å². The van der Waals surface area contributed by atoms with E-state index in [4.69, 9.17) is 5.11 Å². The number of hydrogen-bond acceptors (Lipinski definition) is 7. The van der Waals surface area contributed by atoms with E-state index in [0.29, 0.717) is 25.8 Å². The summed E-state index contributed by atoms with van der Waals surface area (Å²) in [5.41, 5.74) is 0. The predicted molar refractivity (Wildman–Crippen MR) is 128 cm³/mol. The van der Waals surface area contributed by atoms with E-state index in [1.807, 2.05) is 13.8 Å². The molecule has 11 nitrogen and oxygen atoms in total. The van der Waals surface area contributed by atoms with Gasteiger partial charge in [0.05, 0.1) is 12.5 Å². The summed E-state index contributed by atoms with van der Waals surface area (Å²) in [4.78, 5) is 62.7. The summed E-state index contributed by atoms with van der Waals surface area (Å²) in [7, 11) is 0. The molecule has 1 rings (SSSR count). The van der Waals surface area contributed by atoms with Crippen molar-refractivity contribution in [3.63, 3.8) is 0 Å². The molecule has 34 heavy (non-hydrogen) atoms. The number of nitrogens with one attached hydrogen (secondary N) is 3. The first-order chi connectivity index (χ1) is 15.9. The average molecular weight is 503 g/mol. The van der Waals surface area contributed by atoms with Gasteiger partial charge in [-0.15, -0.1) is 0 Å². The summed E-state index contributed by atoms with van der Waals surface area (Å²) >= 11 is 3.95. The van der Waals surface area contributed by atoms with Crippen molar-refractivity contribution in [3.05, 3.63) is 0 Å². The summed E-state index contributed by atoms with van der Waals surface area (Å²) in [5, 5.41) is 26.3. The lowest BCUT2D eigenvalue weighted by Crippen LogP contribution is -2.59. The van der Waals surface area contributed by atoms with Crippen molar-refractivity contribution in [1.82, 2.24) is 20.9 Å². The molecule has 1 aliphatic heterocycles. The quantitative estimate of drug-likeness (QED) is 0.182. The molecule has 12 heteroatoms. The zero-order chi connectivity index (χ0) is 26.0. The zero-order valence-corrected chi connectivity index (χ0v) is 21.1. The molecule has 1 fully saturated rings. The van der Waals surface area contributed by atoms with Gasteiger partial charge in [-0.05, 0) is 24.7 Å². The summed E-state index contributed by atoms with van der Waals surface area (Å²) in [5.74, 6) is -4.03. The Labute approximate surface area is 205 Å². The van der Waals surface area contributed by atoms with E-state index in [-0.39, 0.29) is 30.6 Å². The van der Waals surface area contributed by atoms with Gasteiger partial charge in [-0.3, -0.25) is 19.2 Å². The highest BCUT2D eigenvalue weighted by molar-refractivity contribution is 7.80. The molecular formula is C22H38N4O7S. The van der Waals surface area contributed by atoms with E-state index in [1.54, 1.807) is 13.8 Å². The fourth-order valence-corrected chi connectivity index (χ4v) is 4.06. The van der Waals surface area contributed by atoms with Gasteiger partial charge < -0.3 is 31.1 Å². The van der Waals surface area contributed by atoms with Crippen LogP contribution in [0.1, 0.15) is 53.4 Å². The lowest BCUT2D eigenvalue weighted by Gasteiger charge is -2.32. The second-order valence-corrected chi connectivity index (χ2v) is 9.33. The molecule has 1 saturated heterocycles. The number of likely N-dealkylation sites (tertiary alicyclic amines) is 1. The van der Waals surface area contributed by atoms with Crippen LogP contribution in [0.2, 0.25) is 0 Å². The van der Waals surface area contributed by atoms with Crippen molar-refractivity contribution in [2.24, 2.45) is 11.8 Å². The van der Waals surface area contributed by atoms with Crippen LogP contribution in [-0.2, 0) is 24.0 Å². The molecule has 0 radical (unpaired) electrons. The van der Waals surface area contributed by atoms with Crippen molar-refractivity contribution in [1.29, 1.82) is 0 Å². The number of carbonyl (C=O) groups excluding carboxylic acids is 3. The van der Waals surface area contributed by atoms with E-state index in [9.17, 15) is 29.1 Å². The minimum absolute atomic E-state index is 0.0850. The number of aliphatic carboxylic acids is 2. The molecule has 5 N–H and O–H groups in total. The lowest BCUT2D eigenvalue weighted by atomic mass is 9.96. The Morgan fingerprint density at radius 2 is 1.71 bits per heavy atom. The molecule has 1 aliphatic rings. The maximum atomic E-state index is 13.4. The Hall–Kier alpha value is -2.34. The summed E-state index contributed by atoms with van der Waals surface area (Å²) in [6, 6.07) is -3.56. The lowest BCUT2D eigenvalue weighted by molar-refractivity contribution is -0.145. The number of thiol groups is 1. The maximum absolute atomic E-state index is 13.4. The van der Waals surface area contributed by atoms with Gasteiger partial charge in [-0.2, -0.15) is 12.6 Å². The first-order valence-electron chi connectivity index (χ1n) is 11.6. The highest BCUT2D eigenvalue weighted by atomic mass is 32.1. The monoisotopic (exact) mass is 502 g/mol. The summed E-state index contributed by atoms with van der Waals surface area (Å²) in [6.07, 6.45) is 1.50. The third kappa shape index (κ3) is 8.46. The fraction of sp³-hybridized carbons (Fsp3) is 0.773. The van der Waals surface area contributed by atoms with Gasteiger partial charge in [0, 0.05) is 18.8 Å². The van der Waals surface area contributed by atoms with Crippen LogP contribution in [0.4, 0.5) is 0 Å². The minimum atomic E-state index is -1.21. The highest BCUT2D eigenvalue weighted by Crippen LogP contribution is 2.21. The van der Waals surface area contributed by atoms with Crippen molar-refractivity contribution < 1.29 is 34.2 Å². The average Bonchev–Trinajstić information content (AvgIpc) is 3.27. The molecule has 0 aliphatic carbocycles. The number of carbonyl (C=O) groups is 5. The van der Waals surface area contributed by atoms with Crippen LogP contribution in [0.3, 0.4) is 0 Å². The first kappa shape index (κ1) is 29.7. The molecule has 194 valence electrons. The van der Waals surface area contributed by atoms with Crippen molar-refractivity contribution in [3.8, 4) is 0 Å². The van der Waals surface area contributed by atoms with Crippen molar-refractivity contribution >= 4 is 42.3 Å². The molecule has 0 aromatic carbocycles. The molecule has 0 bridgehead atoms. The normalized spacial score (nSPS) is 19.2. The molecule has 5 atom stereocenters. The maximum Gasteiger partial charge on any atom is 0.327 e. The van der Waals surface area contributed by atoms with Crippen LogP contribution in [0.5, 0.6) is 0 Å². The SMILES string of the molecule is CC[C@H](C)[C@H](NCCC(=O)O)C(=O)N[C@H](C(=O)N1CCC[C@H]1C(=O)N[C@@H](CS)C(=O)O)C(C)C. The number of amides is 3. The van der Waals surface area contributed by atoms with Gasteiger partial charge in [0.1, 0.15) is 18.1 Å². The number of carboxylic acids is 2. The molecule has 3 amide bonds. The second-order valence-electron chi connectivity index (χ2n) is 8.96. The van der Waals surface area contributed by atoms with Crippen LogP contribution in [0.25, 0.3) is 0 Å². The number of carboxylic acid groups (broad SMARTS) is 2. The van der Waals surface area contributed by atoms with Crippen molar-refractivity contribution in [2.75, 3.05) is 18.8 Å². The number of nitrogens with zero attached hydrogens (tertiary/aromatic N) is 1. The van der Waals surface area contributed by atoms with E-state index in [2.05, 4.69) is 28.6 Å². The van der Waals surface area contributed by atoms with Crippen molar-refractivity contribution in [2.45, 2.75) is 77.5 Å². The van der Waals surface area contributed by atoms with E-state index < -0.39 is 53.8 Å². The topological polar surface area (TPSA) is 165 Å². The third-order valence-electron chi connectivity index (χ3n) is 6.06. The van der Waals surface area contributed by atoms with Gasteiger partial charge in [0.25, 0.3) is 0 Å². The molecule has 0 aromatic heterocycles. The van der Waals surface area contributed by atoms with E-state index in [1.165, 1.54) is 4.90 Å². The third-order valence-corrected chi connectivity index (χ3v) is 6.43. The highest BCUT2D eigenvalue weighted by Gasteiger charge is 2.40. The second kappa shape index (κ2) is 14.1. The van der Waals surface area contributed by atoms with Gasteiger partial charge in [0.2, 0.25) is 17.7 Å². The first-order valence-corrected chi connectivity index (χ1v) is 12.3. The molecule has 0 aromatic rings. The molecule has 0 unspecified atom stereocenters. The van der Waals surface area contributed by atoms with Crippen LogP contribution < -0.4 is 16.0 Å². The molecule has 0 saturated carbocycles. The predicted octanol–water partition coefficient (Wildman–Crippen LogP) is 0.0964. The Morgan fingerprint density at radius 3 is 2.21 bits per heavy atom. The number of hydrogen-bond donors (Lipinski definition) is 6. The standard InChI is InChI=1S/C22H38N4O7S/c1-5-13(4)18(23-9-8-16(27)28)20(30)25-17(12(2)3)21(31)26-10-6-7-15(26)19(29)24-14(11-34)22(32)33/h12-15,17-18,23,34H,5-11H2,1-4H3,(H,24,29)(H,25,30)(H,27,28)(H,32,33)/t13-,14-,15-,17-,18-/m0/s1. The smallest absolute Gasteiger partial charge is 0.327 e. The van der Waals surface area contributed by atoms with Crippen LogP contribution in [0, 0.1) is 11.8 Å². The van der Waals surface area contributed by atoms with E-state index in [0.717, 1.165) is 0 Å². The Morgan fingerprint density at radius 1 is 1.06 bits per heavy atom. The largest absolute Gasteiger partial charge is 0.481 e. The Bertz CT molecular complexity index is 749. The van der Waals surface area contributed by atoms with Gasteiger partial charge >= 0.3 is 11.9 Å². The minimum Gasteiger partial charge on any atom is -0.481 e. The molecule has 1 heterocycles. The number of rotatable bonds is 14. The van der Waals surface area contributed by atoms with Crippen LogP contribution in [-0.4, -0.2) is 87.8 Å². The van der Waals surface area contributed by atoms with Crippen LogP contribution >= 0.6 is 12.6 Å². The fourth-order valence-electron chi connectivity index (χ4n) is 3.81. The zero-order valence-electron chi connectivity index (χ0n) is 20.2.